The Labute approximate surface area is 186 Å². The van der Waals surface area contributed by atoms with Crippen LogP contribution in [0.2, 0.25) is 0 Å². The maximum absolute atomic E-state index is 4.51. The van der Waals surface area contributed by atoms with Crippen LogP contribution in [0.5, 0.6) is 0 Å². The molecule has 1 heterocycles. The van der Waals surface area contributed by atoms with Crippen LogP contribution in [-0.4, -0.2) is 0 Å². The van der Waals surface area contributed by atoms with Gasteiger partial charge in [-0.2, -0.15) is 0 Å². The Morgan fingerprint density at radius 2 is 0.966 bits per heavy atom. The molecule has 1 heteroatoms. The normalized spacial score (nSPS) is 11.5. The summed E-state index contributed by atoms with van der Waals surface area (Å²) < 4.78 is 0. The number of unbranched alkanes of at least 4 members (excludes halogenated alkanes) is 4. The molecule has 0 aliphatic heterocycles. The summed E-state index contributed by atoms with van der Waals surface area (Å²) in [6.45, 7) is 18.2. The van der Waals surface area contributed by atoms with Gasteiger partial charge in [0.1, 0.15) is 0 Å². The molecule has 0 saturated carbocycles. The van der Waals surface area contributed by atoms with E-state index in [1.165, 1.54) is 98.0 Å². The molecule has 0 amide bonds. The van der Waals surface area contributed by atoms with Gasteiger partial charge in [0.25, 0.3) is 0 Å². The summed E-state index contributed by atoms with van der Waals surface area (Å²) in [6.07, 6.45) is 17.9. The van der Waals surface area contributed by atoms with Crippen LogP contribution < -0.4 is 0 Å². The van der Waals surface area contributed by atoms with E-state index in [0.29, 0.717) is 11.8 Å². The molecule has 0 N–H and O–H groups in total. The SMILES string of the molecule is C=C(Cc1ccc(CC(=C)C(CCCC)CCCC)s1)C(CCCC)CCCC. The van der Waals surface area contributed by atoms with Gasteiger partial charge in [0.15, 0.2) is 0 Å². The average Bonchev–Trinajstić information content (AvgIpc) is 3.14. The third-order valence-electron chi connectivity index (χ3n) is 6.30. The summed E-state index contributed by atoms with van der Waals surface area (Å²) in [7, 11) is 0. The minimum absolute atomic E-state index is 0.711. The summed E-state index contributed by atoms with van der Waals surface area (Å²) >= 11 is 2.00. The van der Waals surface area contributed by atoms with E-state index in [9.17, 15) is 0 Å². The van der Waals surface area contributed by atoms with Crippen molar-refractivity contribution < 1.29 is 0 Å². The molecule has 0 saturated heterocycles. The van der Waals surface area contributed by atoms with Gasteiger partial charge in [0.2, 0.25) is 0 Å². The van der Waals surface area contributed by atoms with E-state index >= 15 is 0 Å². The lowest BCUT2D eigenvalue weighted by Crippen LogP contribution is -2.06. The molecule has 0 aliphatic rings. The van der Waals surface area contributed by atoms with Crippen LogP contribution in [0.4, 0.5) is 0 Å². The fourth-order valence-electron chi connectivity index (χ4n) is 4.26. The molecule has 1 aromatic rings. The Hall–Kier alpha value is -0.820. The highest BCUT2D eigenvalue weighted by atomic mass is 32.1. The number of rotatable bonds is 18. The molecule has 0 aliphatic carbocycles. The van der Waals surface area contributed by atoms with E-state index in [2.05, 4.69) is 53.0 Å². The molecule has 0 nitrogen and oxygen atoms in total. The standard InChI is InChI=1S/C28H48S/c1-7-11-15-25(16-12-8-2)23(5)21-27-19-20-28(29-27)22-24(6)26(17-13-9-3)18-14-10-4/h19-20,25-26H,5-18,21-22H2,1-4H3. The van der Waals surface area contributed by atoms with Gasteiger partial charge >= 0.3 is 0 Å². The third kappa shape index (κ3) is 10.7. The Bertz CT molecular complexity index is 500. The van der Waals surface area contributed by atoms with Gasteiger partial charge in [-0.1, -0.05) is 103 Å². The van der Waals surface area contributed by atoms with Crippen LogP contribution in [0.25, 0.3) is 0 Å². The zero-order chi connectivity index (χ0) is 21.5. The molecule has 1 rings (SSSR count). The molecule has 1 aromatic heterocycles. The average molecular weight is 417 g/mol. The molecule has 0 fully saturated rings. The first-order chi connectivity index (χ1) is 14.0. The van der Waals surface area contributed by atoms with Crippen molar-refractivity contribution in [2.24, 2.45) is 11.8 Å². The van der Waals surface area contributed by atoms with Gasteiger partial charge in [-0.25, -0.2) is 0 Å². The Balaban J connectivity index is 2.64. The molecule has 0 spiro atoms. The Morgan fingerprint density at radius 3 is 1.24 bits per heavy atom. The van der Waals surface area contributed by atoms with Gasteiger partial charge in [-0.05, 0) is 49.7 Å². The second-order valence-corrected chi connectivity index (χ2v) is 10.3. The molecule has 0 unspecified atom stereocenters. The maximum Gasteiger partial charge on any atom is 0.00887 e. The van der Waals surface area contributed by atoms with Gasteiger partial charge in [0, 0.05) is 22.6 Å². The lowest BCUT2D eigenvalue weighted by Gasteiger charge is -2.19. The highest BCUT2D eigenvalue weighted by Gasteiger charge is 2.16. The Kier molecular flexibility index (Phi) is 14.4. The van der Waals surface area contributed by atoms with Gasteiger partial charge in [-0.15, -0.1) is 11.3 Å². The van der Waals surface area contributed by atoms with E-state index in [4.69, 9.17) is 0 Å². The van der Waals surface area contributed by atoms with E-state index in [1.54, 1.807) is 0 Å². The summed E-state index contributed by atoms with van der Waals surface area (Å²) in [6, 6.07) is 4.70. The van der Waals surface area contributed by atoms with Crippen LogP contribution in [0, 0.1) is 11.8 Å². The third-order valence-corrected chi connectivity index (χ3v) is 7.38. The molecule has 166 valence electrons. The van der Waals surface area contributed by atoms with Crippen LogP contribution in [-0.2, 0) is 12.8 Å². The lowest BCUT2D eigenvalue weighted by atomic mass is 9.87. The second-order valence-electron chi connectivity index (χ2n) is 9.00. The highest BCUT2D eigenvalue weighted by Crippen LogP contribution is 2.31. The predicted octanol–water partition coefficient (Wildman–Crippen LogP) is 9.94. The number of allylic oxidation sites excluding steroid dienone is 2. The van der Waals surface area contributed by atoms with Crippen LogP contribution in [0.3, 0.4) is 0 Å². The minimum atomic E-state index is 0.711. The van der Waals surface area contributed by atoms with Crippen molar-refractivity contribution in [2.75, 3.05) is 0 Å². The van der Waals surface area contributed by atoms with E-state index in [-0.39, 0.29) is 0 Å². The summed E-state index contributed by atoms with van der Waals surface area (Å²) in [5, 5.41) is 0. The fourth-order valence-corrected chi connectivity index (χ4v) is 5.38. The largest absolute Gasteiger partial charge is 0.145 e. The van der Waals surface area contributed by atoms with Crippen molar-refractivity contribution in [3.63, 3.8) is 0 Å². The molecule has 0 aromatic carbocycles. The smallest absolute Gasteiger partial charge is 0.00887 e. The molecule has 0 radical (unpaired) electrons. The maximum atomic E-state index is 4.51. The van der Waals surface area contributed by atoms with Crippen molar-refractivity contribution in [3.8, 4) is 0 Å². The molecular formula is C28H48S. The van der Waals surface area contributed by atoms with E-state index in [0.717, 1.165) is 12.8 Å². The zero-order valence-corrected chi connectivity index (χ0v) is 20.8. The lowest BCUT2D eigenvalue weighted by molar-refractivity contribution is 0.470. The van der Waals surface area contributed by atoms with E-state index < -0.39 is 0 Å². The molecular weight excluding hydrogens is 368 g/mol. The monoisotopic (exact) mass is 416 g/mol. The number of hydrogen-bond acceptors (Lipinski definition) is 1. The topological polar surface area (TPSA) is 0 Å². The minimum Gasteiger partial charge on any atom is -0.145 e. The number of hydrogen-bond donors (Lipinski definition) is 0. The van der Waals surface area contributed by atoms with Crippen molar-refractivity contribution >= 4 is 11.3 Å². The van der Waals surface area contributed by atoms with Crippen molar-refractivity contribution in [2.45, 2.75) is 118 Å². The number of thiophene rings is 1. The van der Waals surface area contributed by atoms with Crippen LogP contribution in [0.1, 0.15) is 114 Å². The molecule has 0 bridgehead atoms. The fraction of sp³-hybridized carbons (Fsp3) is 0.714. The summed E-state index contributed by atoms with van der Waals surface area (Å²) in [5.41, 5.74) is 2.92. The first-order valence-electron chi connectivity index (χ1n) is 12.5. The van der Waals surface area contributed by atoms with Crippen molar-refractivity contribution in [3.05, 3.63) is 46.2 Å². The van der Waals surface area contributed by atoms with Crippen LogP contribution >= 0.6 is 11.3 Å². The van der Waals surface area contributed by atoms with Crippen molar-refractivity contribution in [1.29, 1.82) is 0 Å². The predicted molar refractivity (Wildman–Crippen MR) is 135 cm³/mol. The van der Waals surface area contributed by atoms with E-state index in [1.807, 2.05) is 11.3 Å². The van der Waals surface area contributed by atoms with Crippen LogP contribution in [0.15, 0.2) is 36.4 Å². The quantitative estimate of drug-likeness (QED) is 0.209. The Morgan fingerprint density at radius 1 is 0.655 bits per heavy atom. The van der Waals surface area contributed by atoms with Crippen molar-refractivity contribution in [1.82, 2.24) is 0 Å². The second kappa shape index (κ2) is 15.9. The van der Waals surface area contributed by atoms with Gasteiger partial charge < -0.3 is 0 Å². The zero-order valence-electron chi connectivity index (χ0n) is 20.0. The summed E-state index contributed by atoms with van der Waals surface area (Å²) in [4.78, 5) is 2.99. The first kappa shape index (κ1) is 26.2. The highest BCUT2D eigenvalue weighted by molar-refractivity contribution is 7.12. The first-order valence-corrected chi connectivity index (χ1v) is 13.3. The molecule has 0 atom stereocenters. The molecule has 29 heavy (non-hydrogen) atoms. The van der Waals surface area contributed by atoms with Gasteiger partial charge in [0.05, 0.1) is 0 Å². The summed E-state index contributed by atoms with van der Waals surface area (Å²) in [5.74, 6) is 1.42. The van der Waals surface area contributed by atoms with Gasteiger partial charge in [-0.3, -0.25) is 0 Å².